The maximum atomic E-state index is 13.4. The number of benzene rings is 2. The highest BCUT2D eigenvalue weighted by Gasteiger charge is 2.36. The molecule has 0 spiro atoms. The number of carbonyl (C=O) groups is 2. The van der Waals surface area contributed by atoms with E-state index in [9.17, 15) is 9.59 Å². The molecule has 2 fully saturated rings. The number of piperidine rings is 2. The van der Waals surface area contributed by atoms with Crippen LogP contribution in [0.5, 0.6) is 5.75 Å². The molecule has 9 heteroatoms. The summed E-state index contributed by atoms with van der Waals surface area (Å²) >= 11 is 6.14. The summed E-state index contributed by atoms with van der Waals surface area (Å²) in [7, 11) is 1.50. The Morgan fingerprint density at radius 1 is 1.11 bits per heavy atom. The number of methoxy groups -OCH3 is 1. The van der Waals surface area contributed by atoms with E-state index < -0.39 is 0 Å². The second kappa shape index (κ2) is 11.7. The van der Waals surface area contributed by atoms with Crippen molar-refractivity contribution >= 4 is 34.8 Å². The minimum absolute atomic E-state index is 0.00522. The third-order valence-electron chi connectivity index (χ3n) is 6.96. The maximum Gasteiger partial charge on any atom is 0.255 e. The van der Waals surface area contributed by atoms with Crippen LogP contribution in [0.2, 0.25) is 5.02 Å². The largest absolute Gasteiger partial charge is 0.496 e. The van der Waals surface area contributed by atoms with Gasteiger partial charge < -0.3 is 26.4 Å². The number of hydrogen-bond donors (Lipinski definition) is 4. The monoisotopic (exact) mass is 499 g/mol. The van der Waals surface area contributed by atoms with Crippen molar-refractivity contribution in [2.75, 3.05) is 44.3 Å². The van der Waals surface area contributed by atoms with Crippen LogP contribution >= 0.6 is 11.6 Å². The first-order valence-electron chi connectivity index (χ1n) is 12.2. The Morgan fingerprint density at radius 3 is 2.46 bits per heavy atom. The zero-order chi connectivity index (χ0) is 24.8. The molecular formula is C26H34ClN5O3. The summed E-state index contributed by atoms with van der Waals surface area (Å²) < 4.78 is 5.33. The molecular weight excluding hydrogens is 466 g/mol. The summed E-state index contributed by atoms with van der Waals surface area (Å²) in [6.07, 6.45) is 3.47. The van der Waals surface area contributed by atoms with Crippen molar-refractivity contribution < 1.29 is 14.3 Å². The number of nitrogens with zero attached hydrogens (tertiary/aromatic N) is 1. The van der Waals surface area contributed by atoms with Gasteiger partial charge in [0, 0.05) is 30.9 Å². The molecule has 188 valence electrons. The lowest BCUT2D eigenvalue weighted by Gasteiger charge is -2.41. The number of para-hydroxylation sites is 1. The quantitative estimate of drug-likeness (QED) is 0.436. The number of nitrogens with two attached hydrogens (primary N) is 1. The van der Waals surface area contributed by atoms with Crippen molar-refractivity contribution in [1.29, 1.82) is 0 Å². The molecule has 2 aromatic rings. The lowest BCUT2D eigenvalue weighted by Crippen LogP contribution is -2.55. The molecule has 2 aromatic carbocycles. The topological polar surface area (TPSA) is 109 Å². The fourth-order valence-corrected chi connectivity index (χ4v) is 5.24. The van der Waals surface area contributed by atoms with Crippen LogP contribution in [0, 0.1) is 5.92 Å². The molecule has 2 aliphatic heterocycles. The van der Waals surface area contributed by atoms with Gasteiger partial charge in [0.15, 0.2) is 0 Å². The SMILES string of the molecule is COc1cc(N)c(Cl)cc1C(=O)NC1CCN(C(C(=O)Nc2ccccc2)C2CCNCC2)CC1. The Kier molecular flexibility index (Phi) is 8.49. The summed E-state index contributed by atoms with van der Waals surface area (Å²) in [5, 5.41) is 9.94. The first-order valence-corrected chi connectivity index (χ1v) is 12.6. The summed E-state index contributed by atoms with van der Waals surface area (Å²) in [6, 6.07) is 12.5. The van der Waals surface area contributed by atoms with E-state index in [1.807, 2.05) is 30.3 Å². The second-order valence-electron chi connectivity index (χ2n) is 9.25. The Labute approximate surface area is 211 Å². The van der Waals surface area contributed by atoms with Crippen LogP contribution in [-0.2, 0) is 4.79 Å². The molecule has 2 heterocycles. The van der Waals surface area contributed by atoms with Crippen LogP contribution in [0.15, 0.2) is 42.5 Å². The van der Waals surface area contributed by atoms with Crippen molar-refractivity contribution in [2.24, 2.45) is 5.92 Å². The maximum absolute atomic E-state index is 13.4. The van der Waals surface area contributed by atoms with E-state index in [2.05, 4.69) is 20.9 Å². The second-order valence-corrected chi connectivity index (χ2v) is 9.65. The fraction of sp³-hybridized carbons (Fsp3) is 0.462. The normalized spacial score (nSPS) is 18.6. The zero-order valence-electron chi connectivity index (χ0n) is 20.1. The van der Waals surface area contributed by atoms with Crippen LogP contribution < -0.4 is 26.4 Å². The van der Waals surface area contributed by atoms with Crippen molar-refractivity contribution in [2.45, 2.75) is 37.8 Å². The summed E-state index contributed by atoms with van der Waals surface area (Å²) in [4.78, 5) is 28.7. The Morgan fingerprint density at radius 2 is 1.80 bits per heavy atom. The first kappa shape index (κ1) is 25.3. The van der Waals surface area contributed by atoms with Crippen molar-refractivity contribution in [1.82, 2.24) is 15.5 Å². The number of nitrogens with one attached hydrogen (secondary N) is 3. The number of nitrogen functional groups attached to an aromatic ring is 1. The highest BCUT2D eigenvalue weighted by atomic mass is 35.5. The van der Waals surface area contributed by atoms with Gasteiger partial charge in [0.25, 0.3) is 5.91 Å². The molecule has 0 aliphatic carbocycles. The molecule has 0 radical (unpaired) electrons. The number of anilines is 2. The molecule has 2 aliphatic rings. The standard InChI is InChI=1S/C26H34ClN5O3/c1-35-23-16-22(28)21(27)15-20(23)25(33)30-19-9-13-32(14-10-19)24(17-7-11-29-12-8-17)26(34)31-18-5-3-2-4-6-18/h2-6,15-17,19,24,29H,7-14,28H2,1H3,(H,30,33)(H,31,34). The van der Waals surface area contributed by atoms with E-state index in [1.54, 1.807) is 12.1 Å². The van der Waals surface area contributed by atoms with Gasteiger partial charge in [-0.15, -0.1) is 0 Å². The third-order valence-corrected chi connectivity index (χ3v) is 7.29. The Bertz CT molecular complexity index is 1020. The fourth-order valence-electron chi connectivity index (χ4n) is 5.08. The molecule has 35 heavy (non-hydrogen) atoms. The summed E-state index contributed by atoms with van der Waals surface area (Å²) in [5.74, 6) is 0.503. The van der Waals surface area contributed by atoms with Crippen LogP contribution in [0.1, 0.15) is 36.0 Å². The third kappa shape index (κ3) is 6.25. The number of hydrogen-bond acceptors (Lipinski definition) is 6. The minimum Gasteiger partial charge on any atom is -0.496 e. The number of rotatable bonds is 7. The molecule has 5 N–H and O–H groups in total. The Hall–Kier alpha value is -2.81. The lowest BCUT2D eigenvalue weighted by molar-refractivity contribution is -0.124. The summed E-state index contributed by atoms with van der Waals surface area (Å²) in [5.41, 5.74) is 7.39. The van der Waals surface area contributed by atoms with E-state index >= 15 is 0 Å². The molecule has 0 saturated carbocycles. The number of amides is 2. The number of carbonyl (C=O) groups excluding carboxylic acids is 2. The number of likely N-dealkylation sites (tertiary alicyclic amines) is 1. The highest BCUT2D eigenvalue weighted by Crippen LogP contribution is 2.30. The van der Waals surface area contributed by atoms with E-state index in [1.165, 1.54) is 7.11 Å². The van der Waals surface area contributed by atoms with Crippen LogP contribution in [0.4, 0.5) is 11.4 Å². The number of ether oxygens (including phenoxy) is 1. The van der Waals surface area contributed by atoms with Gasteiger partial charge in [-0.05, 0) is 62.9 Å². The van der Waals surface area contributed by atoms with Gasteiger partial charge in [-0.1, -0.05) is 29.8 Å². The van der Waals surface area contributed by atoms with Gasteiger partial charge in [-0.2, -0.15) is 0 Å². The summed E-state index contributed by atoms with van der Waals surface area (Å²) in [6.45, 7) is 3.33. The van der Waals surface area contributed by atoms with E-state index in [0.717, 1.165) is 57.5 Å². The van der Waals surface area contributed by atoms with E-state index in [4.69, 9.17) is 22.1 Å². The van der Waals surface area contributed by atoms with Gasteiger partial charge >= 0.3 is 0 Å². The van der Waals surface area contributed by atoms with Gasteiger partial charge in [0.05, 0.1) is 29.4 Å². The van der Waals surface area contributed by atoms with E-state index in [-0.39, 0.29) is 23.9 Å². The van der Waals surface area contributed by atoms with Gasteiger partial charge in [0.1, 0.15) is 5.75 Å². The smallest absolute Gasteiger partial charge is 0.255 e. The molecule has 2 saturated heterocycles. The lowest BCUT2D eigenvalue weighted by atomic mass is 9.87. The zero-order valence-corrected chi connectivity index (χ0v) is 20.8. The Balaban J connectivity index is 1.40. The highest BCUT2D eigenvalue weighted by molar-refractivity contribution is 6.33. The van der Waals surface area contributed by atoms with E-state index in [0.29, 0.717) is 27.9 Å². The van der Waals surface area contributed by atoms with Crippen molar-refractivity contribution in [3.8, 4) is 5.75 Å². The average molecular weight is 500 g/mol. The molecule has 0 aromatic heterocycles. The number of halogens is 1. The molecule has 1 unspecified atom stereocenters. The molecule has 4 rings (SSSR count). The predicted octanol–water partition coefficient (Wildman–Crippen LogP) is 3.13. The van der Waals surface area contributed by atoms with Gasteiger partial charge in [0.2, 0.25) is 5.91 Å². The van der Waals surface area contributed by atoms with Crippen LogP contribution in [0.25, 0.3) is 0 Å². The average Bonchev–Trinajstić information content (AvgIpc) is 2.87. The minimum atomic E-state index is -0.237. The molecule has 2 amide bonds. The predicted molar refractivity (Wildman–Crippen MR) is 139 cm³/mol. The first-order chi connectivity index (χ1) is 17.0. The van der Waals surface area contributed by atoms with Crippen LogP contribution in [0.3, 0.4) is 0 Å². The van der Waals surface area contributed by atoms with Gasteiger partial charge in [-0.25, -0.2) is 0 Å². The van der Waals surface area contributed by atoms with Crippen LogP contribution in [-0.4, -0.2) is 62.1 Å². The molecule has 0 bridgehead atoms. The van der Waals surface area contributed by atoms with Gasteiger partial charge in [-0.3, -0.25) is 14.5 Å². The molecule has 8 nitrogen and oxygen atoms in total. The van der Waals surface area contributed by atoms with Crippen molar-refractivity contribution in [3.63, 3.8) is 0 Å². The molecule has 1 atom stereocenters. The van der Waals surface area contributed by atoms with Crippen molar-refractivity contribution in [3.05, 3.63) is 53.1 Å².